The number of benzene rings is 1. The van der Waals surface area contributed by atoms with Crippen molar-refractivity contribution in [2.45, 2.75) is 66.5 Å². The Balaban J connectivity index is 1.07. The Morgan fingerprint density at radius 2 is 1.62 bits per heavy atom. The summed E-state index contributed by atoms with van der Waals surface area (Å²) in [6.07, 6.45) is 8.21. The number of pyridine rings is 1. The molecule has 2 aliphatic rings. The maximum atomic E-state index is 13.1. The van der Waals surface area contributed by atoms with Crippen molar-refractivity contribution in [2.24, 2.45) is 11.8 Å². The molecule has 48 heavy (non-hydrogen) atoms. The molecule has 2 aliphatic heterocycles. The molecule has 2 aromatic heterocycles. The van der Waals surface area contributed by atoms with Crippen molar-refractivity contribution in [2.75, 3.05) is 31.1 Å². The number of nitrogens with zero attached hydrogens (tertiary/aromatic N) is 3. The number of halogens is 4. The fourth-order valence-electron chi connectivity index (χ4n) is 6.28. The third-order valence-electron chi connectivity index (χ3n) is 8.96. The molecule has 0 bridgehead atoms. The van der Waals surface area contributed by atoms with Gasteiger partial charge < -0.3 is 10.0 Å². The van der Waals surface area contributed by atoms with Crippen molar-refractivity contribution >= 4 is 98.2 Å². The number of carbonyl (C=O) groups is 1. The molecular weight excluding hydrogens is 851 g/mol. The van der Waals surface area contributed by atoms with E-state index in [1.54, 1.807) is 34.6 Å². The highest BCUT2D eigenvalue weighted by atomic mass is 79.9. The van der Waals surface area contributed by atoms with Crippen LogP contribution in [0.4, 0.5) is 5.82 Å². The molecule has 0 aliphatic carbocycles. The maximum Gasteiger partial charge on any atom is 0.322 e. The molecule has 4 heterocycles. The first-order valence-electron chi connectivity index (χ1n) is 15.6. The first-order chi connectivity index (χ1) is 22.7. The van der Waals surface area contributed by atoms with Crippen LogP contribution in [0.25, 0.3) is 0 Å². The lowest BCUT2D eigenvalue weighted by atomic mass is 9.87. The lowest BCUT2D eigenvalue weighted by molar-refractivity contribution is -0.138. The molecule has 0 spiro atoms. The summed E-state index contributed by atoms with van der Waals surface area (Å²) in [7, 11) is -7.69. The van der Waals surface area contributed by atoms with Crippen LogP contribution in [0.3, 0.4) is 0 Å². The second kappa shape index (κ2) is 16.4. The van der Waals surface area contributed by atoms with Gasteiger partial charge in [-0.15, -0.1) is 11.3 Å². The van der Waals surface area contributed by atoms with Crippen molar-refractivity contribution in [3.8, 4) is 0 Å². The minimum Gasteiger partial charge on any atom is -0.480 e. The number of nitrogens with one attached hydrogen (secondary N) is 1. The van der Waals surface area contributed by atoms with E-state index in [2.05, 4.69) is 46.5 Å². The van der Waals surface area contributed by atoms with Gasteiger partial charge in [-0.3, -0.25) is 4.79 Å². The van der Waals surface area contributed by atoms with E-state index in [1.165, 1.54) is 12.3 Å². The predicted octanol–water partition coefficient (Wildman–Crippen LogP) is 7.44. The fourth-order valence-corrected chi connectivity index (χ4v) is 12.3. The van der Waals surface area contributed by atoms with Crippen molar-refractivity contribution in [3.05, 3.63) is 66.5 Å². The molecule has 10 nitrogen and oxygen atoms in total. The Morgan fingerprint density at radius 3 is 2.19 bits per heavy atom. The first kappa shape index (κ1) is 37.9. The third kappa shape index (κ3) is 9.52. The molecule has 0 radical (unpaired) electrons. The quantitative estimate of drug-likeness (QED) is 0.181. The van der Waals surface area contributed by atoms with E-state index in [0.29, 0.717) is 54.6 Å². The number of carboxylic acids is 1. The average Bonchev–Trinajstić information content (AvgIpc) is 3.39. The molecule has 1 atom stereocenters. The zero-order valence-corrected chi connectivity index (χ0v) is 33.0. The second-order valence-electron chi connectivity index (χ2n) is 12.2. The molecule has 2 N–H and O–H groups in total. The number of rotatable bonds is 13. The Kier molecular flexibility index (Phi) is 12.9. The number of anilines is 1. The zero-order chi connectivity index (χ0) is 34.6. The summed E-state index contributed by atoms with van der Waals surface area (Å²) in [5.41, 5.74) is 0.596. The topological polar surface area (TPSA) is 137 Å². The van der Waals surface area contributed by atoms with Gasteiger partial charge in [0, 0.05) is 41.9 Å². The van der Waals surface area contributed by atoms with E-state index >= 15 is 0 Å². The minimum absolute atomic E-state index is 0.0647. The highest BCUT2D eigenvalue weighted by molar-refractivity contribution is 9.11. The maximum absolute atomic E-state index is 13.1. The van der Waals surface area contributed by atoms with Crippen LogP contribution in [-0.4, -0.2) is 69.4 Å². The number of aromatic nitrogens is 1. The molecule has 0 amide bonds. The third-order valence-corrected chi connectivity index (χ3v) is 16.0. The lowest BCUT2D eigenvalue weighted by Crippen LogP contribution is -2.42. The zero-order valence-electron chi connectivity index (χ0n) is 25.8. The molecule has 1 unspecified atom stereocenters. The molecule has 0 saturated carbocycles. The Hall–Kier alpha value is -1.30. The van der Waals surface area contributed by atoms with Crippen molar-refractivity contribution in [1.29, 1.82) is 0 Å². The lowest BCUT2D eigenvalue weighted by Gasteiger charge is -2.34. The largest absolute Gasteiger partial charge is 0.480 e. The molecule has 3 aromatic rings. The van der Waals surface area contributed by atoms with Gasteiger partial charge in [0.15, 0.2) is 0 Å². The van der Waals surface area contributed by atoms with Gasteiger partial charge in [-0.25, -0.2) is 21.8 Å². The van der Waals surface area contributed by atoms with Gasteiger partial charge in [-0.05, 0) is 106 Å². The first-order valence-corrected chi connectivity index (χ1v) is 21.7. The highest BCUT2D eigenvalue weighted by Crippen LogP contribution is 2.37. The summed E-state index contributed by atoms with van der Waals surface area (Å²) < 4.78 is 58.0. The average molecular weight is 888 g/mol. The van der Waals surface area contributed by atoms with E-state index in [9.17, 15) is 26.7 Å². The fraction of sp³-hybridized carbons (Fsp3) is 0.484. The highest BCUT2D eigenvalue weighted by Gasteiger charge is 2.32. The van der Waals surface area contributed by atoms with E-state index in [-0.39, 0.29) is 15.5 Å². The molecular formula is C31H36Br2Cl2N4O6S3. The molecule has 2 saturated heterocycles. The van der Waals surface area contributed by atoms with E-state index < -0.39 is 32.1 Å². The van der Waals surface area contributed by atoms with E-state index in [1.807, 2.05) is 0 Å². The van der Waals surface area contributed by atoms with Gasteiger partial charge in [0.1, 0.15) is 25.3 Å². The SMILES string of the molecule is O=C(O)C(Cc1cccc(Cl)c1)NS(=O)(=O)c1cnc(N2CCC(CCCC3CCN(S(=O)(=O)c4cc(Br)c(Cl)s4)CC3)CC2)c(Br)c1. The van der Waals surface area contributed by atoms with Crippen LogP contribution in [0.5, 0.6) is 0 Å². The molecule has 1 aromatic carbocycles. The Bertz CT molecular complexity index is 1810. The number of sulfonamides is 2. The molecule has 5 rings (SSSR count). The van der Waals surface area contributed by atoms with Crippen LogP contribution in [0.2, 0.25) is 9.36 Å². The number of thiophene rings is 1. The molecule has 2 fully saturated rings. The van der Waals surface area contributed by atoms with Crippen molar-refractivity contribution < 1.29 is 26.7 Å². The van der Waals surface area contributed by atoms with Gasteiger partial charge in [0.05, 0.1) is 4.47 Å². The van der Waals surface area contributed by atoms with Gasteiger partial charge in [-0.2, -0.15) is 9.03 Å². The van der Waals surface area contributed by atoms with Crippen LogP contribution in [0, 0.1) is 11.8 Å². The standard InChI is InChI=1S/C31H36Br2Cl2N4O6S3/c32-25-18-28(46-29(25)35)48(44,45)39-13-9-21(10-14-39)4-1-3-20-7-11-38(12-8-20)30-26(33)17-24(19-36-30)47(42,43)37-27(31(40)41)16-22-5-2-6-23(34)15-22/h2,5-6,15,17-21,27,37H,1,3-4,7-14,16H2,(H,40,41). The summed E-state index contributed by atoms with van der Waals surface area (Å²) in [5.74, 6) is 0.455. The van der Waals surface area contributed by atoms with Crippen LogP contribution in [-0.2, 0) is 31.3 Å². The summed E-state index contributed by atoms with van der Waals surface area (Å²) in [6.45, 7) is 2.64. The number of aliphatic carboxylic acids is 1. The second-order valence-corrected chi connectivity index (χ2v) is 19.9. The van der Waals surface area contributed by atoms with E-state index in [4.69, 9.17) is 23.2 Å². The smallest absolute Gasteiger partial charge is 0.322 e. The summed E-state index contributed by atoms with van der Waals surface area (Å²) in [4.78, 5) is 18.3. The van der Waals surface area contributed by atoms with Crippen molar-refractivity contribution in [3.63, 3.8) is 0 Å². The Morgan fingerprint density at radius 1 is 0.979 bits per heavy atom. The van der Waals surface area contributed by atoms with Crippen molar-refractivity contribution in [1.82, 2.24) is 14.0 Å². The summed E-state index contributed by atoms with van der Waals surface area (Å²) >= 11 is 19.9. The summed E-state index contributed by atoms with van der Waals surface area (Å²) in [6, 6.07) is 8.29. The van der Waals surface area contributed by atoms with Crippen LogP contribution < -0.4 is 9.62 Å². The molecule has 262 valence electrons. The monoisotopic (exact) mass is 884 g/mol. The van der Waals surface area contributed by atoms with Gasteiger partial charge in [-0.1, -0.05) is 54.6 Å². The van der Waals surface area contributed by atoms with Gasteiger partial charge >= 0.3 is 5.97 Å². The van der Waals surface area contributed by atoms with Crippen LogP contribution in [0.1, 0.15) is 50.5 Å². The van der Waals surface area contributed by atoms with E-state index in [0.717, 1.165) is 69.4 Å². The number of carboxylic acid groups (broad SMARTS) is 1. The summed E-state index contributed by atoms with van der Waals surface area (Å²) in [5, 5.41) is 10.1. The van der Waals surface area contributed by atoms with Gasteiger partial charge in [0.2, 0.25) is 10.0 Å². The molecule has 17 heteroatoms. The number of hydrogen-bond acceptors (Lipinski definition) is 8. The minimum atomic E-state index is -4.17. The normalized spacial score (nSPS) is 17.9. The van der Waals surface area contributed by atoms with Crippen LogP contribution >= 0.6 is 66.4 Å². The number of piperidine rings is 2. The number of hydrogen-bond donors (Lipinski definition) is 2. The Labute approximate surface area is 312 Å². The van der Waals surface area contributed by atoms with Crippen LogP contribution in [0.15, 0.2) is 60.6 Å². The van der Waals surface area contributed by atoms with Gasteiger partial charge in [0.25, 0.3) is 10.0 Å². The predicted molar refractivity (Wildman–Crippen MR) is 196 cm³/mol.